The van der Waals surface area contributed by atoms with Crippen LogP contribution in [0.1, 0.15) is 35.7 Å². The van der Waals surface area contributed by atoms with E-state index < -0.39 is 0 Å². The van der Waals surface area contributed by atoms with Crippen LogP contribution in [-0.2, 0) is 4.74 Å². The number of ether oxygens (including phenoxy) is 1. The fraction of sp³-hybridized carbons (Fsp3) is 0.533. The van der Waals surface area contributed by atoms with Gasteiger partial charge in [0.2, 0.25) is 0 Å². The second-order valence-electron chi connectivity index (χ2n) is 5.02. The molecule has 4 nitrogen and oxygen atoms in total. The lowest BCUT2D eigenvalue weighted by Gasteiger charge is -2.35. The lowest BCUT2D eigenvalue weighted by Crippen LogP contribution is -2.47. The van der Waals surface area contributed by atoms with Gasteiger partial charge in [0, 0.05) is 25.4 Å². The van der Waals surface area contributed by atoms with Crippen molar-refractivity contribution < 1.29 is 9.53 Å². The molecule has 0 radical (unpaired) electrons. The van der Waals surface area contributed by atoms with Crippen molar-refractivity contribution in [2.45, 2.75) is 38.8 Å². The second kappa shape index (κ2) is 6.06. The molecule has 0 aromatic heterocycles. The zero-order chi connectivity index (χ0) is 13.8. The molecule has 0 saturated heterocycles. The van der Waals surface area contributed by atoms with Gasteiger partial charge in [-0.15, -0.1) is 0 Å². The van der Waals surface area contributed by atoms with Gasteiger partial charge < -0.3 is 15.4 Å². The highest BCUT2D eigenvalue weighted by Gasteiger charge is 2.31. The molecule has 1 aromatic carbocycles. The number of rotatable bonds is 5. The van der Waals surface area contributed by atoms with Crippen molar-refractivity contribution >= 4 is 11.6 Å². The number of aryl methyl sites for hydroxylation is 1. The summed E-state index contributed by atoms with van der Waals surface area (Å²) in [6.07, 6.45) is 2.15. The van der Waals surface area contributed by atoms with E-state index in [0.29, 0.717) is 11.7 Å². The first-order valence-electron chi connectivity index (χ1n) is 6.85. The topological polar surface area (TPSA) is 50.4 Å². The lowest BCUT2D eigenvalue weighted by atomic mass is 9.89. The van der Waals surface area contributed by atoms with E-state index in [1.165, 1.54) is 0 Å². The van der Waals surface area contributed by atoms with Crippen molar-refractivity contribution in [3.8, 4) is 0 Å². The SMILES string of the molecule is CCOC1CC(NC(=O)c2ccc(C)cc2NC)C1. The normalized spacial score (nSPS) is 21.6. The first-order chi connectivity index (χ1) is 9.13. The minimum atomic E-state index is -0.00991. The summed E-state index contributed by atoms with van der Waals surface area (Å²) in [6.45, 7) is 4.76. The van der Waals surface area contributed by atoms with Crippen LogP contribution in [-0.4, -0.2) is 31.7 Å². The molecule has 1 saturated carbocycles. The number of anilines is 1. The third-order valence-corrected chi connectivity index (χ3v) is 3.52. The Morgan fingerprint density at radius 3 is 2.79 bits per heavy atom. The third kappa shape index (κ3) is 3.26. The zero-order valence-electron chi connectivity index (χ0n) is 11.8. The van der Waals surface area contributed by atoms with Crippen molar-refractivity contribution in [1.29, 1.82) is 0 Å². The Morgan fingerprint density at radius 1 is 1.42 bits per heavy atom. The van der Waals surface area contributed by atoms with Crippen LogP contribution >= 0.6 is 0 Å². The average molecular weight is 262 g/mol. The Bertz CT molecular complexity index is 453. The van der Waals surface area contributed by atoms with Crippen LogP contribution in [0.15, 0.2) is 18.2 Å². The van der Waals surface area contributed by atoms with Crippen molar-refractivity contribution in [1.82, 2.24) is 5.32 Å². The molecule has 4 heteroatoms. The molecule has 0 aliphatic heterocycles. The van der Waals surface area contributed by atoms with Gasteiger partial charge >= 0.3 is 0 Å². The second-order valence-corrected chi connectivity index (χ2v) is 5.02. The maximum Gasteiger partial charge on any atom is 0.253 e. The predicted octanol–water partition coefficient (Wildman–Crippen LogP) is 2.33. The summed E-state index contributed by atoms with van der Waals surface area (Å²) in [4.78, 5) is 12.2. The van der Waals surface area contributed by atoms with Gasteiger partial charge in [-0.2, -0.15) is 0 Å². The van der Waals surface area contributed by atoms with Gasteiger partial charge in [0.15, 0.2) is 0 Å². The van der Waals surface area contributed by atoms with Crippen molar-refractivity contribution in [3.05, 3.63) is 29.3 Å². The predicted molar refractivity (Wildman–Crippen MR) is 76.6 cm³/mol. The maximum absolute atomic E-state index is 12.2. The minimum Gasteiger partial charge on any atom is -0.387 e. The number of hydrogen-bond donors (Lipinski definition) is 2. The summed E-state index contributed by atoms with van der Waals surface area (Å²) >= 11 is 0. The van der Waals surface area contributed by atoms with Crippen LogP contribution < -0.4 is 10.6 Å². The van der Waals surface area contributed by atoms with Crippen LogP contribution in [0.3, 0.4) is 0 Å². The molecule has 0 heterocycles. The quantitative estimate of drug-likeness (QED) is 0.856. The fourth-order valence-electron chi connectivity index (χ4n) is 2.38. The molecular weight excluding hydrogens is 240 g/mol. The number of nitrogens with one attached hydrogen (secondary N) is 2. The highest BCUT2D eigenvalue weighted by Crippen LogP contribution is 2.24. The highest BCUT2D eigenvalue weighted by molar-refractivity contribution is 5.99. The first kappa shape index (κ1) is 13.9. The largest absolute Gasteiger partial charge is 0.387 e. The minimum absolute atomic E-state index is 0.00991. The summed E-state index contributed by atoms with van der Waals surface area (Å²) < 4.78 is 5.49. The number of hydrogen-bond acceptors (Lipinski definition) is 3. The van der Waals surface area contributed by atoms with Gasteiger partial charge in [-0.05, 0) is 44.4 Å². The van der Waals surface area contributed by atoms with Gasteiger partial charge in [-0.25, -0.2) is 0 Å². The maximum atomic E-state index is 12.2. The number of carbonyl (C=O) groups excluding carboxylic acids is 1. The standard InChI is InChI=1S/C15H22N2O2/c1-4-19-12-8-11(9-12)17-15(18)13-6-5-10(2)7-14(13)16-3/h5-7,11-12,16H,4,8-9H2,1-3H3,(H,17,18). The van der Waals surface area contributed by atoms with E-state index in [1.807, 2.05) is 39.1 Å². The molecule has 2 N–H and O–H groups in total. The molecular formula is C15H22N2O2. The Hall–Kier alpha value is -1.55. The fourth-order valence-corrected chi connectivity index (χ4v) is 2.38. The molecule has 19 heavy (non-hydrogen) atoms. The van der Waals surface area contributed by atoms with Crippen LogP contribution in [0.5, 0.6) is 0 Å². The molecule has 0 unspecified atom stereocenters. The molecule has 1 amide bonds. The van der Waals surface area contributed by atoms with Crippen molar-refractivity contribution in [3.63, 3.8) is 0 Å². The zero-order valence-corrected chi connectivity index (χ0v) is 11.8. The Balaban J connectivity index is 1.94. The van der Waals surface area contributed by atoms with Crippen LogP contribution in [0.25, 0.3) is 0 Å². The summed E-state index contributed by atoms with van der Waals surface area (Å²) in [5.41, 5.74) is 2.71. The third-order valence-electron chi connectivity index (χ3n) is 3.52. The molecule has 1 fully saturated rings. The van der Waals surface area contributed by atoms with Crippen LogP contribution in [0, 0.1) is 6.92 Å². The number of carbonyl (C=O) groups is 1. The van der Waals surface area contributed by atoms with E-state index in [1.54, 1.807) is 0 Å². The number of benzene rings is 1. The van der Waals surface area contributed by atoms with E-state index in [-0.39, 0.29) is 11.9 Å². The lowest BCUT2D eigenvalue weighted by molar-refractivity contribution is -0.00861. The van der Waals surface area contributed by atoms with Gasteiger partial charge in [0.1, 0.15) is 0 Å². The summed E-state index contributed by atoms with van der Waals surface area (Å²) in [7, 11) is 1.83. The Morgan fingerprint density at radius 2 is 2.16 bits per heavy atom. The smallest absolute Gasteiger partial charge is 0.253 e. The monoisotopic (exact) mass is 262 g/mol. The molecule has 0 atom stereocenters. The molecule has 0 spiro atoms. The average Bonchev–Trinajstić information content (AvgIpc) is 2.35. The molecule has 104 valence electrons. The molecule has 1 aliphatic carbocycles. The summed E-state index contributed by atoms with van der Waals surface area (Å²) in [5, 5.41) is 6.13. The highest BCUT2D eigenvalue weighted by atomic mass is 16.5. The van der Waals surface area contributed by atoms with Gasteiger partial charge in [-0.3, -0.25) is 4.79 Å². The van der Waals surface area contributed by atoms with Crippen LogP contribution in [0.2, 0.25) is 0 Å². The van der Waals surface area contributed by atoms with Crippen molar-refractivity contribution in [2.75, 3.05) is 19.0 Å². The van der Waals surface area contributed by atoms with Gasteiger partial charge in [-0.1, -0.05) is 6.07 Å². The molecule has 0 bridgehead atoms. The van der Waals surface area contributed by atoms with E-state index in [0.717, 1.165) is 30.7 Å². The van der Waals surface area contributed by atoms with E-state index in [4.69, 9.17) is 4.74 Å². The number of amides is 1. The summed E-state index contributed by atoms with van der Waals surface area (Å²) in [5.74, 6) is -0.00991. The molecule has 2 rings (SSSR count). The molecule has 1 aliphatic rings. The summed E-state index contributed by atoms with van der Waals surface area (Å²) in [6, 6.07) is 6.06. The van der Waals surface area contributed by atoms with Gasteiger partial charge in [0.05, 0.1) is 11.7 Å². The van der Waals surface area contributed by atoms with E-state index >= 15 is 0 Å². The Labute approximate surface area is 114 Å². The molecule has 1 aromatic rings. The van der Waals surface area contributed by atoms with E-state index in [9.17, 15) is 4.79 Å². The van der Waals surface area contributed by atoms with Crippen molar-refractivity contribution in [2.24, 2.45) is 0 Å². The Kier molecular flexibility index (Phi) is 4.43. The first-order valence-corrected chi connectivity index (χ1v) is 6.85. The van der Waals surface area contributed by atoms with Crippen LogP contribution in [0.4, 0.5) is 5.69 Å². The van der Waals surface area contributed by atoms with Gasteiger partial charge in [0.25, 0.3) is 5.91 Å². The van der Waals surface area contributed by atoms with E-state index in [2.05, 4.69) is 10.6 Å².